The number of nitrogens with two attached hydrogens (primary N) is 1. The topological polar surface area (TPSA) is 137 Å². The Morgan fingerprint density at radius 2 is 1.74 bits per heavy atom. The molecule has 2 amide bonds. The Morgan fingerprint density at radius 1 is 1.03 bits per heavy atom. The maximum Gasteiger partial charge on any atom is 0.269 e. The summed E-state index contributed by atoms with van der Waals surface area (Å²) in [4.78, 5) is 33.2. The number of carbonyl (C=O) groups is 2. The fourth-order valence-corrected chi connectivity index (χ4v) is 3.46. The number of ether oxygens (including phenoxy) is 1. The zero-order valence-electron chi connectivity index (χ0n) is 18.5. The summed E-state index contributed by atoms with van der Waals surface area (Å²) in [6, 6.07) is 13.9. The largest absolute Gasteiger partial charge is 0.489 e. The molecular formula is C23H22ClN7O3. The minimum atomic E-state index is -0.440. The van der Waals surface area contributed by atoms with Gasteiger partial charge < -0.3 is 10.5 Å². The molecular weight excluding hydrogens is 458 g/mol. The molecule has 0 aliphatic heterocycles. The van der Waals surface area contributed by atoms with Crippen LogP contribution >= 0.6 is 11.6 Å². The molecule has 2 aromatic heterocycles. The van der Waals surface area contributed by atoms with E-state index in [0.29, 0.717) is 45.7 Å². The fourth-order valence-electron chi connectivity index (χ4n) is 3.33. The van der Waals surface area contributed by atoms with Crippen molar-refractivity contribution in [3.63, 3.8) is 0 Å². The van der Waals surface area contributed by atoms with Crippen LogP contribution in [-0.4, -0.2) is 31.4 Å². The molecule has 0 aliphatic rings. The quantitative estimate of drug-likeness (QED) is 0.361. The Balaban J connectivity index is 1.31. The predicted octanol–water partition coefficient (Wildman–Crippen LogP) is 2.56. The first-order valence-corrected chi connectivity index (χ1v) is 10.7. The maximum atomic E-state index is 12.4. The van der Waals surface area contributed by atoms with Gasteiger partial charge in [0.2, 0.25) is 11.9 Å². The number of nitrogen functional groups attached to an aromatic ring is 1. The van der Waals surface area contributed by atoms with Crippen molar-refractivity contribution >= 4 is 35.1 Å². The van der Waals surface area contributed by atoms with E-state index in [1.54, 1.807) is 62.4 Å². The minimum Gasteiger partial charge on any atom is -0.489 e. The third-order valence-corrected chi connectivity index (χ3v) is 5.41. The normalized spacial score (nSPS) is 10.8. The second-order valence-corrected chi connectivity index (χ2v) is 8.00. The number of aryl methyl sites for hydroxylation is 2. The number of carbonyl (C=O) groups excluding carboxylic acids is 2. The second kappa shape index (κ2) is 9.75. The number of anilines is 1. The van der Waals surface area contributed by atoms with Gasteiger partial charge in [-0.1, -0.05) is 23.7 Å². The van der Waals surface area contributed by atoms with E-state index in [-0.39, 0.29) is 12.4 Å². The summed E-state index contributed by atoms with van der Waals surface area (Å²) in [6.07, 6.45) is 0.00161. The highest BCUT2D eigenvalue weighted by molar-refractivity contribution is 6.30. The number of amides is 2. The molecule has 0 aliphatic carbocycles. The highest BCUT2D eigenvalue weighted by Crippen LogP contribution is 2.17. The van der Waals surface area contributed by atoms with Crippen molar-refractivity contribution in [2.75, 3.05) is 5.73 Å². The van der Waals surface area contributed by atoms with Gasteiger partial charge in [-0.2, -0.15) is 9.50 Å². The molecule has 2 aromatic carbocycles. The average Bonchev–Trinajstić information content (AvgIpc) is 3.20. The predicted molar refractivity (Wildman–Crippen MR) is 126 cm³/mol. The molecule has 4 rings (SSSR count). The SMILES string of the molecule is Cc1nc2nc(N)nn2c(C)c1CC(=O)NNC(=O)c1ccc(COc2ccc(Cl)cc2)cc1. The number of nitrogens with zero attached hydrogens (tertiary/aromatic N) is 4. The van der Waals surface area contributed by atoms with Crippen molar-refractivity contribution in [1.82, 2.24) is 30.4 Å². The summed E-state index contributed by atoms with van der Waals surface area (Å²) >= 11 is 5.86. The lowest BCUT2D eigenvalue weighted by Gasteiger charge is -2.11. The highest BCUT2D eigenvalue weighted by atomic mass is 35.5. The number of aromatic nitrogens is 4. The van der Waals surface area contributed by atoms with E-state index in [1.165, 1.54) is 4.52 Å². The second-order valence-electron chi connectivity index (χ2n) is 7.56. The molecule has 0 saturated carbocycles. The Bertz CT molecular complexity index is 1350. The number of nitrogens with one attached hydrogen (secondary N) is 2. The van der Waals surface area contributed by atoms with Gasteiger partial charge in [0, 0.05) is 27.5 Å². The van der Waals surface area contributed by atoms with Crippen LogP contribution in [0.1, 0.15) is 32.9 Å². The summed E-state index contributed by atoms with van der Waals surface area (Å²) in [5, 5.41) is 4.72. The first kappa shape index (κ1) is 23.0. The molecule has 34 heavy (non-hydrogen) atoms. The number of hydrogen-bond donors (Lipinski definition) is 3. The van der Waals surface area contributed by atoms with Crippen LogP contribution in [0.4, 0.5) is 5.95 Å². The zero-order chi connectivity index (χ0) is 24.2. The Hall–Kier alpha value is -4.18. The average molecular weight is 480 g/mol. The lowest BCUT2D eigenvalue weighted by Crippen LogP contribution is -2.42. The highest BCUT2D eigenvalue weighted by Gasteiger charge is 2.16. The number of fused-ring (bicyclic) bond motifs is 1. The van der Waals surface area contributed by atoms with Gasteiger partial charge in [-0.15, -0.1) is 5.10 Å². The van der Waals surface area contributed by atoms with Crippen molar-refractivity contribution < 1.29 is 14.3 Å². The van der Waals surface area contributed by atoms with Crippen LogP contribution in [-0.2, 0) is 17.8 Å². The molecule has 0 radical (unpaired) electrons. The zero-order valence-corrected chi connectivity index (χ0v) is 19.3. The van der Waals surface area contributed by atoms with Gasteiger partial charge in [-0.25, -0.2) is 4.98 Å². The molecule has 2 heterocycles. The van der Waals surface area contributed by atoms with E-state index in [1.807, 2.05) is 0 Å². The number of hydrogen-bond acceptors (Lipinski definition) is 7. The van der Waals surface area contributed by atoms with Gasteiger partial charge in [0.1, 0.15) is 12.4 Å². The number of benzene rings is 2. The molecule has 0 unspecified atom stereocenters. The minimum absolute atomic E-state index is 0.00161. The molecule has 0 fully saturated rings. The van der Waals surface area contributed by atoms with Crippen LogP contribution in [0.3, 0.4) is 0 Å². The number of rotatable bonds is 6. The van der Waals surface area contributed by atoms with E-state index in [4.69, 9.17) is 22.1 Å². The van der Waals surface area contributed by atoms with E-state index in [9.17, 15) is 9.59 Å². The first-order chi connectivity index (χ1) is 16.3. The van der Waals surface area contributed by atoms with Gasteiger partial charge in [-0.3, -0.25) is 20.4 Å². The molecule has 4 N–H and O–H groups in total. The Kier molecular flexibility index (Phi) is 6.60. The lowest BCUT2D eigenvalue weighted by atomic mass is 10.1. The molecule has 174 valence electrons. The van der Waals surface area contributed by atoms with Gasteiger partial charge in [0.25, 0.3) is 11.7 Å². The Morgan fingerprint density at radius 3 is 2.44 bits per heavy atom. The van der Waals surface area contributed by atoms with Crippen molar-refractivity contribution in [2.24, 2.45) is 0 Å². The summed E-state index contributed by atoms with van der Waals surface area (Å²) in [5.74, 6) is 0.325. The van der Waals surface area contributed by atoms with E-state index in [2.05, 4.69) is 25.9 Å². The van der Waals surface area contributed by atoms with Crippen LogP contribution in [0, 0.1) is 13.8 Å². The smallest absolute Gasteiger partial charge is 0.269 e. The number of hydrazine groups is 1. The van der Waals surface area contributed by atoms with Gasteiger partial charge >= 0.3 is 0 Å². The van der Waals surface area contributed by atoms with Crippen LogP contribution in [0.2, 0.25) is 5.02 Å². The monoisotopic (exact) mass is 479 g/mol. The van der Waals surface area contributed by atoms with Crippen molar-refractivity contribution in [2.45, 2.75) is 26.9 Å². The third-order valence-electron chi connectivity index (χ3n) is 5.15. The summed E-state index contributed by atoms with van der Waals surface area (Å²) in [5.41, 5.74) is 13.8. The number of halogens is 1. The summed E-state index contributed by atoms with van der Waals surface area (Å²) in [7, 11) is 0. The lowest BCUT2D eigenvalue weighted by molar-refractivity contribution is -0.121. The van der Waals surface area contributed by atoms with Gasteiger partial charge in [0.15, 0.2) is 0 Å². The van der Waals surface area contributed by atoms with Crippen LogP contribution in [0.25, 0.3) is 5.78 Å². The maximum absolute atomic E-state index is 12.4. The first-order valence-electron chi connectivity index (χ1n) is 10.3. The Labute approximate surface area is 200 Å². The van der Waals surface area contributed by atoms with Crippen molar-refractivity contribution in [3.05, 3.63) is 81.6 Å². The van der Waals surface area contributed by atoms with Gasteiger partial charge in [-0.05, 0) is 55.8 Å². The van der Waals surface area contributed by atoms with Crippen LogP contribution in [0.5, 0.6) is 5.75 Å². The van der Waals surface area contributed by atoms with E-state index < -0.39 is 11.8 Å². The summed E-state index contributed by atoms with van der Waals surface area (Å²) < 4.78 is 7.18. The molecule has 0 bridgehead atoms. The third kappa shape index (κ3) is 5.24. The molecule has 10 nitrogen and oxygen atoms in total. The van der Waals surface area contributed by atoms with E-state index >= 15 is 0 Å². The fraction of sp³-hybridized carbons (Fsp3) is 0.174. The molecule has 0 spiro atoms. The molecule has 4 aromatic rings. The molecule has 0 atom stereocenters. The summed E-state index contributed by atoms with van der Waals surface area (Å²) in [6.45, 7) is 3.92. The van der Waals surface area contributed by atoms with Crippen molar-refractivity contribution in [1.29, 1.82) is 0 Å². The van der Waals surface area contributed by atoms with Gasteiger partial charge in [0.05, 0.1) is 6.42 Å². The molecule has 0 saturated heterocycles. The van der Waals surface area contributed by atoms with Crippen LogP contribution < -0.4 is 21.3 Å². The standard InChI is InChI=1S/C23H22ClN7O3/c1-13-19(14(2)31-23(26-13)27-22(25)30-31)11-20(32)28-29-21(33)16-5-3-15(4-6-16)12-34-18-9-7-17(24)8-10-18/h3-10H,11-12H2,1-2H3,(H2,25,30)(H,28,32)(H,29,33). The van der Waals surface area contributed by atoms with E-state index in [0.717, 1.165) is 5.56 Å². The molecule has 11 heteroatoms. The van der Waals surface area contributed by atoms with Crippen LogP contribution in [0.15, 0.2) is 48.5 Å². The van der Waals surface area contributed by atoms with Crippen molar-refractivity contribution in [3.8, 4) is 5.75 Å².